The summed E-state index contributed by atoms with van der Waals surface area (Å²) in [4.78, 5) is 0. The van der Waals surface area contributed by atoms with Gasteiger partial charge in [0.15, 0.2) is 0 Å². The SMILES string of the molecule is C=CCCCNC1(C)CCOCC1. The fraction of sp³-hybridized carbons (Fsp3) is 0.818. The predicted octanol–water partition coefficient (Wildman–Crippen LogP) is 2.11. The zero-order chi connectivity index (χ0) is 9.57. The summed E-state index contributed by atoms with van der Waals surface area (Å²) in [7, 11) is 0. The van der Waals surface area contributed by atoms with E-state index in [9.17, 15) is 0 Å². The Labute approximate surface area is 81.4 Å². The van der Waals surface area contributed by atoms with Crippen LogP contribution in [-0.2, 0) is 4.74 Å². The molecule has 0 aromatic rings. The lowest BCUT2D eigenvalue weighted by Gasteiger charge is -2.34. The van der Waals surface area contributed by atoms with E-state index in [1.54, 1.807) is 0 Å². The second-order valence-corrected chi connectivity index (χ2v) is 4.03. The molecule has 0 saturated carbocycles. The molecule has 0 unspecified atom stereocenters. The molecule has 1 N–H and O–H groups in total. The molecule has 2 nitrogen and oxygen atoms in total. The Kier molecular flexibility index (Phi) is 4.46. The Morgan fingerprint density at radius 2 is 2.15 bits per heavy atom. The highest BCUT2D eigenvalue weighted by atomic mass is 16.5. The summed E-state index contributed by atoms with van der Waals surface area (Å²) in [6, 6.07) is 0. The van der Waals surface area contributed by atoms with E-state index >= 15 is 0 Å². The molecule has 1 heterocycles. The maximum atomic E-state index is 5.34. The van der Waals surface area contributed by atoms with Gasteiger partial charge in [-0.15, -0.1) is 6.58 Å². The van der Waals surface area contributed by atoms with Crippen LogP contribution in [0, 0.1) is 0 Å². The lowest BCUT2D eigenvalue weighted by Crippen LogP contribution is -2.47. The predicted molar refractivity (Wildman–Crippen MR) is 55.9 cm³/mol. The fourth-order valence-corrected chi connectivity index (χ4v) is 1.64. The van der Waals surface area contributed by atoms with Crippen molar-refractivity contribution in [3.63, 3.8) is 0 Å². The third-order valence-electron chi connectivity index (χ3n) is 2.73. The average Bonchev–Trinajstić information content (AvgIpc) is 2.14. The van der Waals surface area contributed by atoms with E-state index in [-0.39, 0.29) is 0 Å². The van der Waals surface area contributed by atoms with Gasteiger partial charge in [-0.2, -0.15) is 0 Å². The zero-order valence-corrected chi connectivity index (χ0v) is 8.64. The van der Waals surface area contributed by atoms with Crippen LogP contribution >= 0.6 is 0 Å². The Hall–Kier alpha value is -0.340. The van der Waals surface area contributed by atoms with Crippen LogP contribution < -0.4 is 5.32 Å². The monoisotopic (exact) mass is 183 g/mol. The minimum absolute atomic E-state index is 0.319. The number of unbranched alkanes of at least 4 members (excludes halogenated alkanes) is 1. The molecule has 0 radical (unpaired) electrons. The minimum atomic E-state index is 0.319. The van der Waals surface area contributed by atoms with Crippen molar-refractivity contribution in [3.05, 3.63) is 12.7 Å². The first-order chi connectivity index (χ1) is 6.27. The second kappa shape index (κ2) is 5.40. The summed E-state index contributed by atoms with van der Waals surface area (Å²) in [6.07, 6.45) is 6.57. The van der Waals surface area contributed by atoms with Crippen LogP contribution in [0.4, 0.5) is 0 Å². The Bertz CT molecular complexity index is 150. The quantitative estimate of drug-likeness (QED) is 0.520. The molecular weight excluding hydrogens is 162 g/mol. The summed E-state index contributed by atoms with van der Waals surface area (Å²) < 4.78 is 5.34. The number of ether oxygens (including phenoxy) is 1. The number of nitrogens with one attached hydrogen (secondary N) is 1. The average molecular weight is 183 g/mol. The molecule has 1 saturated heterocycles. The van der Waals surface area contributed by atoms with Crippen LogP contribution in [0.25, 0.3) is 0 Å². The van der Waals surface area contributed by atoms with Gasteiger partial charge >= 0.3 is 0 Å². The van der Waals surface area contributed by atoms with Crippen molar-refractivity contribution < 1.29 is 4.74 Å². The molecule has 1 aliphatic rings. The van der Waals surface area contributed by atoms with Crippen molar-refractivity contribution in [2.24, 2.45) is 0 Å². The van der Waals surface area contributed by atoms with Gasteiger partial charge in [0, 0.05) is 18.8 Å². The van der Waals surface area contributed by atoms with Gasteiger partial charge in [-0.1, -0.05) is 6.08 Å². The molecule has 0 aromatic carbocycles. The van der Waals surface area contributed by atoms with Crippen molar-refractivity contribution in [3.8, 4) is 0 Å². The minimum Gasteiger partial charge on any atom is -0.381 e. The molecule has 0 bridgehead atoms. The van der Waals surface area contributed by atoms with E-state index < -0.39 is 0 Å². The zero-order valence-electron chi connectivity index (χ0n) is 8.64. The number of hydrogen-bond donors (Lipinski definition) is 1. The highest BCUT2D eigenvalue weighted by molar-refractivity contribution is 4.85. The first-order valence-electron chi connectivity index (χ1n) is 5.20. The highest BCUT2D eigenvalue weighted by Crippen LogP contribution is 2.19. The molecular formula is C11H21NO. The number of hydrogen-bond acceptors (Lipinski definition) is 2. The molecule has 76 valence electrons. The second-order valence-electron chi connectivity index (χ2n) is 4.03. The van der Waals surface area contributed by atoms with Gasteiger partial charge < -0.3 is 10.1 Å². The lowest BCUT2D eigenvalue weighted by atomic mass is 9.92. The Morgan fingerprint density at radius 3 is 2.77 bits per heavy atom. The van der Waals surface area contributed by atoms with Gasteiger partial charge in [-0.25, -0.2) is 0 Å². The standard InChI is InChI=1S/C11H21NO/c1-3-4-5-8-12-11(2)6-9-13-10-7-11/h3,12H,1,4-10H2,2H3. The maximum Gasteiger partial charge on any atom is 0.0483 e. The molecule has 0 aromatic heterocycles. The van der Waals surface area contributed by atoms with E-state index in [1.807, 2.05) is 6.08 Å². The molecule has 0 atom stereocenters. The third kappa shape index (κ3) is 3.92. The van der Waals surface area contributed by atoms with Crippen molar-refractivity contribution in [1.29, 1.82) is 0 Å². The highest BCUT2D eigenvalue weighted by Gasteiger charge is 2.25. The van der Waals surface area contributed by atoms with Crippen molar-refractivity contribution in [2.75, 3.05) is 19.8 Å². The van der Waals surface area contributed by atoms with Crippen LogP contribution in [0.2, 0.25) is 0 Å². The first-order valence-corrected chi connectivity index (χ1v) is 5.20. The molecule has 13 heavy (non-hydrogen) atoms. The van der Waals surface area contributed by atoms with Crippen molar-refractivity contribution in [2.45, 2.75) is 38.1 Å². The summed E-state index contributed by atoms with van der Waals surface area (Å²) in [5.74, 6) is 0. The molecule has 1 aliphatic heterocycles. The summed E-state index contributed by atoms with van der Waals surface area (Å²) in [5, 5.41) is 3.60. The molecule has 0 amide bonds. The van der Waals surface area contributed by atoms with Crippen LogP contribution in [0.1, 0.15) is 32.6 Å². The Morgan fingerprint density at radius 1 is 1.46 bits per heavy atom. The van der Waals surface area contributed by atoms with Crippen molar-refractivity contribution in [1.82, 2.24) is 5.32 Å². The largest absolute Gasteiger partial charge is 0.381 e. The van der Waals surface area contributed by atoms with Gasteiger partial charge in [0.25, 0.3) is 0 Å². The van der Waals surface area contributed by atoms with Gasteiger partial charge in [-0.05, 0) is 39.2 Å². The molecule has 1 fully saturated rings. The van der Waals surface area contributed by atoms with Crippen molar-refractivity contribution >= 4 is 0 Å². The van der Waals surface area contributed by atoms with Crippen LogP contribution in [0.5, 0.6) is 0 Å². The molecule has 0 aliphatic carbocycles. The smallest absolute Gasteiger partial charge is 0.0483 e. The van der Waals surface area contributed by atoms with Gasteiger partial charge in [-0.3, -0.25) is 0 Å². The summed E-state index contributed by atoms with van der Waals surface area (Å²) >= 11 is 0. The normalized spacial score (nSPS) is 21.3. The van der Waals surface area contributed by atoms with E-state index in [0.717, 1.165) is 39.0 Å². The van der Waals surface area contributed by atoms with Gasteiger partial charge in [0.2, 0.25) is 0 Å². The summed E-state index contributed by atoms with van der Waals surface area (Å²) in [5.41, 5.74) is 0.319. The van der Waals surface area contributed by atoms with E-state index in [1.165, 1.54) is 6.42 Å². The van der Waals surface area contributed by atoms with E-state index in [0.29, 0.717) is 5.54 Å². The van der Waals surface area contributed by atoms with Gasteiger partial charge in [0.1, 0.15) is 0 Å². The van der Waals surface area contributed by atoms with Crippen LogP contribution in [0.15, 0.2) is 12.7 Å². The lowest BCUT2D eigenvalue weighted by molar-refractivity contribution is 0.0454. The topological polar surface area (TPSA) is 21.3 Å². The first kappa shape index (κ1) is 10.7. The Balaban J connectivity index is 2.13. The molecule has 2 heteroatoms. The fourth-order valence-electron chi connectivity index (χ4n) is 1.64. The van der Waals surface area contributed by atoms with Crippen LogP contribution in [-0.4, -0.2) is 25.3 Å². The maximum absolute atomic E-state index is 5.34. The molecule has 0 spiro atoms. The van der Waals surface area contributed by atoms with E-state index in [4.69, 9.17) is 4.74 Å². The van der Waals surface area contributed by atoms with Gasteiger partial charge in [0.05, 0.1) is 0 Å². The number of allylic oxidation sites excluding steroid dienone is 1. The summed E-state index contributed by atoms with van der Waals surface area (Å²) in [6.45, 7) is 8.92. The van der Waals surface area contributed by atoms with Crippen LogP contribution in [0.3, 0.4) is 0 Å². The van der Waals surface area contributed by atoms with E-state index in [2.05, 4.69) is 18.8 Å². The third-order valence-corrected chi connectivity index (χ3v) is 2.73. The molecule has 1 rings (SSSR count). The number of rotatable bonds is 5.